The first-order valence-corrected chi connectivity index (χ1v) is 7.08. The molecule has 21 heavy (non-hydrogen) atoms. The summed E-state index contributed by atoms with van der Waals surface area (Å²) >= 11 is 0. The van der Waals surface area contributed by atoms with Crippen LogP contribution < -0.4 is 10.1 Å². The van der Waals surface area contributed by atoms with Crippen molar-refractivity contribution in [3.05, 3.63) is 48.0 Å². The van der Waals surface area contributed by atoms with Crippen LogP contribution in [0.4, 0.5) is 4.39 Å². The molecule has 1 aromatic carbocycles. The maximum Gasteiger partial charge on any atom is 0.165 e. The van der Waals surface area contributed by atoms with Crippen molar-refractivity contribution >= 4 is 0 Å². The lowest BCUT2D eigenvalue weighted by Gasteiger charge is -2.20. The highest BCUT2D eigenvalue weighted by Gasteiger charge is 2.10. The predicted molar refractivity (Wildman–Crippen MR) is 80.7 cm³/mol. The van der Waals surface area contributed by atoms with Crippen LogP contribution in [-0.4, -0.2) is 21.9 Å². The Labute approximate surface area is 124 Å². The van der Waals surface area contributed by atoms with Gasteiger partial charge in [0.25, 0.3) is 0 Å². The number of hydrogen-bond acceptors (Lipinski definition) is 3. The number of aromatic nitrogens is 2. The van der Waals surface area contributed by atoms with Gasteiger partial charge in [0.2, 0.25) is 0 Å². The molecule has 0 unspecified atom stereocenters. The summed E-state index contributed by atoms with van der Waals surface area (Å²) in [5, 5.41) is 7.39. The quantitative estimate of drug-likeness (QED) is 0.889. The first kappa shape index (κ1) is 15.5. The zero-order chi connectivity index (χ0) is 15.3. The minimum atomic E-state index is -0.330. The Morgan fingerprint density at radius 1 is 1.33 bits per heavy atom. The fourth-order valence-corrected chi connectivity index (χ4v) is 1.82. The summed E-state index contributed by atoms with van der Waals surface area (Å²) in [6, 6.07) is 6.92. The van der Waals surface area contributed by atoms with E-state index in [1.807, 2.05) is 18.3 Å². The van der Waals surface area contributed by atoms with Gasteiger partial charge in [0.05, 0.1) is 6.54 Å². The maximum atomic E-state index is 14.0. The van der Waals surface area contributed by atoms with E-state index in [2.05, 4.69) is 31.2 Å². The molecule has 0 aliphatic rings. The standard InChI is InChI=1S/C16H22FN3O/c1-16(2,3)18-12-13-5-6-15(14(17)11-13)21-10-9-20-8-4-7-19-20/h4-8,11,18H,9-10,12H2,1-3H3. The molecule has 0 bridgehead atoms. The van der Waals surface area contributed by atoms with Crippen LogP contribution in [-0.2, 0) is 13.1 Å². The Bertz CT molecular complexity index is 561. The average molecular weight is 291 g/mol. The largest absolute Gasteiger partial charge is 0.489 e. The second-order valence-electron chi connectivity index (χ2n) is 5.99. The van der Waals surface area contributed by atoms with E-state index >= 15 is 0 Å². The van der Waals surface area contributed by atoms with Gasteiger partial charge in [-0.25, -0.2) is 4.39 Å². The van der Waals surface area contributed by atoms with Crippen molar-refractivity contribution in [3.8, 4) is 5.75 Å². The van der Waals surface area contributed by atoms with Gasteiger partial charge >= 0.3 is 0 Å². The van der Waals surface area contributed by atoms with E-state index in [0.717, 1.165) is 5.56 Å². The SMILES string of the molecule is CC(C)(C)NCc1ccc(OCCn2cccn2)c(F)c1. The summed E-state index contributed by atoms with van der Waals surface area (Å²) in [4.78, 5) is 0. The van der Waals surface area contributed by atoms with Gasteiger partial charge in [-0.05, 0) is 44.5 Å². The maximum absolute atomic E-state index is 14.0. The lowest BCUT2D eigenvalue weighted by atomic mass is 10.1. The number of rotatable bonds is 6. The van der Waals surface area contributed by atoms with Crippen LogP contribution in [0.1, 0.15) is 26.3 Å². The molecular formula is C16H22FN3O. The Hall–Kier alpha value is -1.88. The van der Waals surface area contributed by atoms with Gasteiger partial charge in [0.1, 0.15) is 6.61 Å². The molecule has 1 N–H and O–H groups in total. The number of benzene rings is 1. The van der Waals surface area contributed by atoms with E-state index in [9.17, 15) is 4.39 Å². The molecule has 0 aliphatic heterocycles. The molecule has 1 aromatic heterocycles. The highest BCUT2D eigenvalue weighted by Crippen LogP contribution is 2.18. The molecule has 4 nitrogen and oxygen atoms in total. The van der Waals surface area contributed by atoms with Crippen molar-refractivity contribution in [2.75, 3.05) is 6.61 Å². The lowest BCUT2D eigenvalue weighted by Crippen LogP contribution is -2.35. The molecule has 5 heteroatoms. The highest BCUT2D eigenvalue weighted by atomic mass is 19.1. The number of nitrogens with zero attached hydrogens (tertiary/aromatic N) is 2. The number of halogens is 1. The van der Waals surface area contributed by atoms with E-state index < -0.39 is 0 Å². The summed E-state index contributed by atoms with van der Waals surface area (Å²) in [5.41, 5.74) is 0.914. The smallest absolute Gasteiger partial charge is 0.165 e. The average Bonchev–Trinajstić information content (AvgIpc) is 2.91. The first-order chi connectivity index (χ1) is 9.94. The van der Waals surface area contributed by atoms with Crippen molar-refractivity contribution in [1.29, 1.82) is 0 Å². The van der Waals surface area contributed by atoms with Crippen molar-refractivity contribution in [2.45, 2.75) is 39.4 Å². The fourth-order valence-electron chi connectivity index (χ4n) is 1.82. The normalized spacial score (nSPS) is 11.6. The molecule has 0 spiro atoms. The van der Waals surface area contributed by atoms with E-state index in [4.69, 9.17) is 4.74 Å². The van der Waals surface area contributed by atoms with E-state index in [1.54, 1.807) is 16.9 Å². The third-order valence-electron chi connectivity index (χ3n) is 2.96. The molecule has 2 aromatic rings. The topological polar surface area (TPSA) is 39.1 Å². The number of hydrogen-bond donors (Lipinski definition) is 1. The van der Waals surface area contributed by atoms with Crippen molar-refractivity contribution in [3.63, 3.8) is 0 Å². The van der Waals surface area contributed by atoms with Crippen LogP contribution in [0.2, 0.25) is 0 Å². The van der Waals surface area contributed by atoms with Gasteiger partial charge in [-0.15, -0.1) is 0 Å². The zero-order valence-electron chi connectivity index (χ0n) is 12.8. The molecule has 0 radical (unpaired) electrons. The molecular weight excluding hydrogens is 269 g/mol. The molecule has 0 saturated heterocycles. The monoisotopic (exact) mass is 291 g/mol. The van der Waals surface area contributed by atoms with Gasteiger partial charge in [0, 0.05) is 24.5 Å². The highest BCUT2D eigenvalue weighted by molar-refractivity contribution is 5.29. The van der Waals surface area contributed by atoms with Crippen LogP contribution in [0.5, 0.6) is 5.75 Å². The second-order valence-corrected chi connectivity index (χ2v) is 5.99. The Balaban J connectivity index is 1.86. The van der Waals surface area contributed by atoms with E-state index in [1.165, 1.54) is 6.07 Å². The molecule has 0 fully saturated rings. The van der Waals surface area contributed by atoms with Crippen molar-refractivity contribution < 1.29 is 9.13 Å². The summed E-state index contributed by atoms with van der Waals surface area (Å²) in [6.45, 7) is 7.86. The van der Waals surface area contributed by atoms with Crippen LogP contribution in [0.15, 0.2) is 36.7 Å². The summed E-state index contributed by atoms with van der Waals surface area (Å²) < 4.78 is 21.2. The van der Waals surface area contributed by atoms with Crippen LogP contribution in [0, 0.1) is 5.82 Å². The van der Waals surface area contributed by atoms with Crippen LogP contribution in [0.25, 0.3) is 0 Å². The molecule has 0 amide bonds. The Kier molecular flexibility index (Phi) is 4.96. The van der Waals surface area contributed by atoms with E-state index in [-0.39, 0.29) is 17.1 Å². The minimum Gasteiger partial charge on any atom is -0.489 e. The zero-order valence-corrected chi connectivity index (χ0v) is 12.8. The molecule has 1 heterocycles. The summed E-state index contributed by atoms with van der Waals surface area (Å²) in [6.07, 6.45) is 3.55. The van der Waals surface area contributed by atoms with Crippen molar-refractivity contribution in [2.24, 2.45) is 0 Å². The van der Waals surface area contributed by atoms with Crippen LogP contribution in [0.3, 0.4) is 0 Å². The third kappa shape index (κ3) is 5.19. The van der Waals surface area contributed by atoms with Crippen LogP contribution >= 0.6 is 0 Å². The number of nitrogens with one attached hydrogen (secondary N) is 1. The minimum absolute atomic E-state index is 0.00934. The lowest BCUT2D eigenvalue weighted by molar-refractivity contribution is 0.278. The fraction of sp³-hybridized carbons (Fsp3) is 0.438. The first-order valence-electron chi connectivity index (χ1n) is 7.08. The molecule has 0 aliphatic carbocycles. The Morgan fingerprint density at radius 2 is 2.14 bits per heavy atom. The van der Waals surface area contributed by atoms with Gasteiger partial charge in [-0.2, -0.15) is 5.10 Å². The molecule has 114 valence electrons. The van der Waals surface area contributed by atoms with Gasteiger partial charge in [-0.3, -0.25) is 4.68 Å². The molecule has 2 rings (SSSR count). The van der Waals surface area contributed by atoms with Gasteiger partial charge in [0.15, 0.2) is 11.6 Å². The van der Waals surface area contributed by atoms with Crippen molar-refractivity contribution in [1.82, 2.24) is 15.1 Å². The summed E-state index contributed by atoms with van der Waals surface area (Å²) in [7, 11) is 0. The van der Waals surface area contributed by atoms with E-state index in [0.29, 0.717) is 19.7 Å². The van der Waals surface area contributed by atoms with Gasteiger partial charge < -0.3 is 10.1 Å². The summed E-state index contributed by atoms with van der Waals surface area (Å²) in [5.74, 6) is -0.0506. The van der Waals surface area contributed by atoms with Gasteiger partial charge in [-0.1, -0.05) is 6.07 Å². The number of ether oxygens (including phenoxy) is 1. The Morgan fingerprint density at radius 3 is 2.76 bits per heavy atom. The second kappa shape index (κ2) is 6.72. The molecule has 0 saturated carbocycles. The molecule has 0 atom stereocenters. The predicted octanol–water partition coefficient (Wildman–Crippen LogP) is 2.99. The third-order valence-corrected chi connectivity index (χ3v) is 2.96.